The molecule has 94 valence electrons. The lowest BCUT2D eigenvalue weighted by Crippen LogP contribution is -2.15. The number of halogens is 1. The monoisotopic (exact) mass is 254 g/mol. The molecule has 3 nitrogen and oxygen atoms in total. The van der Waals surface area contributed by atoms with Crippen LogP contribution >= 0.6 is 11.6 Å². The Balaban J connectivity index is 2.59. The second-order valence-corrected chi connectivity index (χ2v) is 5.76. The maximum Gasteiger partial charge on any atom is 0.224 e. The number of nitrogens with one attached hydrogen (secondary N) is 1. The van der Waals surface area contributed by atoms with E-state index in [0.717, 1.165) is 6.42 Å². The van der Waals surface area contributed by atoms with Gasteiger partial charge in [-0.25, -0.2) is 0 Å². The van der Waals surface area contributed by atoms with Crippen molar-refractivity contribution in [3.8, 4) is 0 Å². The number of hydrogen-bond acceptors (Lipinski definition) is 2. The van der Waals surface area contributed by atoms with Crippen molar-refractivity contribution >= 4 is 28.9 Å². The summed E-state index contributed by atoms with van der Waals surface area (Å²) >= 11 is 5.96. The summed E-state index contributed by atoms with van der Waals surface area (Å²) in [5.41, 5.74) is 6.94. The van der Waals surface area contributed by atoms with E-state index in [1.165, 1.54) is 0 Å². The highest BCUT2D eigenvalue weighted by Gasteiger charge is 2.13. The average molecular weight is 255 g/mol. The first-order valence-corrected chi connectivity index (χ1v) is 6.00. The number of nitrogen functional groups attached to an aromatic ring is 1. The van der Waals surface area contributed by atoms with Crippen molar-refractivity contribution in [1.29, 1.82) is 0 Å². The lowest BCUT2D eigenvalue weighted by Gasteiger charge is -2.17. The quantitative estimate of drug-likeness (QED) is 0.809. The summed E-state index contributed by atoms with van der Waals surface area (Å²) in [5, 5.41) is 3.28. The van der Waals surface area contributed by atoms with Gasteiger partial charge in [0.1, 0.15) is 0 Å². The lowest BCUT2D eigenvalue weighted by atomic mass is 9.90. The third kappa shape index (κ3) is 5.09. The number of hydrogen-bond donors (Lipinski definition) is 2. The third-order valence-corrected chi connectivity index (χ3v) is 2.70. The molecule has 17 heavy (non-hydrogen) atoms. The Bertz CT molecular complexity index is 410. The van der Waals surface area contributed by atoms with Gasteiger partial charge in [-0.05, 0) is 30.0 Å². The standard InChI is InChI=1S/C13H19ClN2O/c1-13(2,3)7-6-12(17)16-11-8-9(15)4-5-10(11)14/h4-5,8H,6-7,15H2,1-3H3,(H,16,17). The number of anilines is 2. The largest absolute Gasteiger partial charge is 0.399 e. The molecule has 4 heteroatoms. The van der Waals surface area contributed by atoms with Crippen LogP contribution in [-0.4, -0.2) is 5.91 Å². The summed E-state index contributed by atoms with van der Waals surface area (Å²) in [4.78, 5) is 11.7. The highest BCUT2D eigenvalue weighted by atomic mass is 35.5. The summed E-state index contributed by atoms with van der Waals surface area (Å²) < 4.78 is 0. The van der Waals surface area contributed by atoms with Gasteiger partial charge in [0.15, 0.2) is 0 Å². The maximum absolute atomic E-state index is 11.7. The molecular weight excluding hydrogens is 236 g/mol. The first-order valence-electron chi connectivity index (χ1n) is 5.63. The van der Waals surface area contributed by atoms with E-state index in [4.69, 9.17) is 17.3 Å². The summed E-state index contributed by atoms with van der Waals surface area (Å²) in [6, 6.07) is 5.04. The van der Waals surface area contributed by atoms with Crippen LogP contribution < -0.4 is 11.1 Å². The lowest BCUT2D eigenvalue weighted by molar-refractivity contribution is -0.116. The third-order valence-electron chi connectivity index (χ3n) is 2.37. The molecule has 0 aromatic heterocycles. The number of rotatable bonds is 3. The molecule has 0 unspecified atom stereocenters. The molecule has 1 amide bonds. The van der Waals surface area contributed by atoms with E-state index in [-0.39, 0.29) is 11.3 Å². The fourth-order valence-electron chi connectivity index (χ4n) is 1.34. The molecule has 0 bridgehead atoms. The SMILES string of the molecule is CC(C)(C)CCC(=O)Nc1cc(N)ccc1Cl. The van der Waals surface area contributed by atoms with Crippen LogP contribution in [0.1, 0.15) is 33.6 Å². The van der Waals surface area contributed by atoms with E-state index in [2.05, 4.69) is 26.1 Å². The molecule has 0 aliphatic rings. The minimum absolute atomic E-state index is 0.0348. The molecule has 0 heterocycles. The van der Waals surface area contributed by atoms with E-state index in [1.807, 2.05) is 0 Å². The molecular formula is C13H19ClN2O. The molecule has 0 aliphatic heterocycles. The van der Waals surface area contributed by atoms with Crippen molar-refractivity contribution in [2.45, 2.75) is 33.6 Å². The van der Waals surface area contributed by atoms with Crippen LogP contribution in [0.5, 0.6) is 0 Å². The Morgan fingerprint density at radius 2 is 2.06 bits per heavy atom. The van der Waals surface area contributed by atoms with E-state index in [9.17, 15) is 4.79 Å². The van der Waals surface area contributed by atoms with Gasteiger partial charge in [-0.2, -0.15) is 0 Å². The van der Waals surface area contributed by atoms with Crippen LogP contribution in [0.25, 0.3) is 0 Å². The summed E-state index contributed by atoms with van der Waals surface area (Å²) in [5.74, 6) is -0.0348. The van der Waals surface area contributed by atoms with Gasteiger partial charge in [-0.1, -0.05) is 32.4 Å². The Labute approximate surface area is 107 Å². The predicted octanol–water partition coefficient (Wildman–Crippen LogP) is 3.69. The van der Waals surface area contributed by atoms with Gasteiger partial charge in [0, 0.05) is 12.1 Å². The van der Waals surface area contributed by atoms with Gasteiger partial charge in [-0.15, -0.1) is 0 Å². The van der Waals surface area contributed by atoms with E-state index in [0.29, 0.717) is 22.8 Å². The molecule has 0 aliphatic carbocycles. The topological polar surface area (TPSA) is 55.1 Å². The van der Waals surface area contributed by atoms with Crippen molar-refractivity contribution in [2.75, 3.05) is 11.1 Å². The maximum atomic E-state index is 11.7. The smallest absolute Gasteiger partial charge is 0.224 e. The Hall–Kier alpha value is -1.22. The van der Waals surface area contributed by atoms with E-state index >= 15 is 0 Å². The number of carbonyl (C=O) groups excluding carboxylic acids is 1. The molecule has 1 aromatic rings. The van der Waals surface area contributed by atoms with Crippen molar-refractivity contribution in [1.82, 2.24) is 0 Å². The second kappa shape index (κ2) is 5.41. The molecule has 0 radical (unpaired) electrons. The van der Waals surface area contributed by atoms with Gasteiger partial charge in [-0.3, -0.25) is 4.79 Å². The fourth-order valence-corrected chi connectivity index (χ4v) is 1.50. The Morgan fingerprint density at radius 1 is 1.41 bits per heavy atom. The molecule has 0 saturated heterocycles. The molecule has 0 saturated carbocycles. The number of carbonyl (C=O) groups is 1. The van der Waals surface area contributed by atoms with Crippen molar-refractivity contribution in [2.24, 2.45) is 5.41 Å². The Morgan fingerprint density at radius 3 is 2.65 bits per heavy atom. The average Bonchev–Trinajstić information content (AvgIpc) is 2.20. The zero-order valence-electron chi connectivity index (χ0n) is 10.5. The summed E-state index contributed by atoms with van der Waals surface area (Å²) in [7, 11) is 0. The van der Waals surface area contributed by atoms with Gasteiger partial charge < -0.3 is 11.1 Å². The first-order chi connectivity index (χ1) is 7.78. The van der Waals surface area contributed by atoms with Crippen LogP contribution in [0.2, 0.25) is 5.02 Å². The van der Waals surface area contributed by atoms with Crippen molar-refractivity contribution < 1.29 is 4.79 Å². The zero-order chi connectivity index (χ0) is 13.1. The van der Waals surface area contributed by atoms with Gasteiger partial charge >= 0.3 is 0 Å². The van der Waals surface area contributed by atoms with Gasteiger partial charge in [0.2, 0.25) is 5.91 Å². The molecule has 0 fully saturated rings. The molecule has 3 N–H and O–H groups in total. The summed E-state index contributed by atoms with van der Waals surface area (Å²) in [6.45, 7) is 6.31. The van der Waals surface area contributed by atoms with Crippen molar-refractivity contribution in [3.05, 3.63) is 23.2 Å². The molecule has 0 atom stereocenters. The van der Waals surface area contributed by atoms with Crippen LogP contribution in [0.3, 0.4) is 0 Å². The fraction of sp³-hybridized carbons (Fsp3) is 0.462. The van der Waals surface area contributed by atoms with Gasteiger partial charge in [0.25, 0.3) is 0 Å². The van der Waals surface area contributed by atoms with E-state index in [1.54, 1.807) is 18.2 Å². The predicted molar refractivity (Wildman–Crippen MR) is 73.2 cm³/mol. The van der Waals surface area contributed by atoms with Crippen LogP contribution in [0.4, 0.5) is 11.4 Å². The first kappa shape index (κ1) is 13.8. The normalized spacial score (nSPS) is 11.3. The number of amides is 1. The van der Waals surface area contributed by atoms with Crippen molar-refractivity contribution in [3.63, 3.8) is 0 Å². The number of benzene rings is 1. The highest BCUT2D eigenvalue weighted by molar-refractivity contribution is 6.33. The number of nitrogens with two attached hydrogens (primary N) is 1. The zero-order valence-corrected chi connectivity index (χ0v) is 11.3. The van der Waals surface area contributed by atoms with Gasteiger partial charge in [0.05, 0.1) is 10.7 Å². The molecule has 0 spiro atoms. The van der Waals surface area contributed by atoms with Crippen LogP contribution in [0.15, 0.2) is 18.2 Å². The second-order valence-electron chi connectivity index (χ2n) is 5.35. The summed E-state index contributed by atoms with van der Waals surface area (Å²) in [6.07, 6.45) is 1.31. The molecule has 1 aromatic carbocycles. The minimum atomic E-state index is -0.0348. The van der Waals surface area contributed by atoms with Crippen LogP contribution in [0, 0.1) is 5.41 Å². The highest BCUT2D eigenvalue weighted by Crippen LogP contribution is 2.25. The molecule has 1 rings (SSSR count). The van der Waals surface area contributed by atoms with Crippen LogP contribution in [-0.2, 0) is 4.79 Å². The van der Waals surface area contributed by atoms with E-state index < -0.39 is 0 Å². The Kier molecular flexibility index (Phi) is 4.40. The minimum Gasteiger partial charge on any atom is -0.399 e.